The maximum absolute atomic E-state index is 11.3. The summed E-state index contributed by atoms with van der Waals surface area (Å²) in [4.78, 5) is 11.3. The van der Waals surface area contributed by atoms with Crippen LogP contribution in [0.25, 0.3) is 0 Å². The van der Waals surface area contributed by atoms with Crippen LogP contribution < -0.4 is 0 Å². The third-order valence-corrected chi connectivity index (χ3v) is 4.18. The molecule has 0 spiro atoms. The van der Waals surface area contributed by atoms with Crippen LogP contribution in [0.4, 0.5) is 0 Å². The molecule has 138 valence electrons. The summed E-state index contributed by atoms with van der Waals surface area (Å²) < 4.78 is 0. The molecule has 0 amide bonds. The predicted octanol–water partition coefficient (Wildman–Crippen LogP) is 0.408. The number of carbonyl (C=O) groups is 1. The first kappa shape index (κ1) is 22.3. The summed E-state index contributed by atoms with van der Waals surface area (Å²) in [7, 11) is 0. The smallest absolute Gasteiger partial charge is 0.338 e. The van der Waals surface area contributed by atoms with Gasteiger partial charge in [0.05, 0.1) is 6.61 Å². The standard InChI is InChI=1S/C16H32O7/c1-2-3-4-5-6-7-8-9-10-16(23,15(21)22)14(20)13(19)12(18)11-17/h12-14,17-20,23H,2-11H2,1H3,(H,21,22). The first-order valence-corrected chi connectivity index (χ1v) is 8.42. The highest BCUT2D eigenvalue weighted by Gasteiger charge is 2.47. The first-order valence-electron chi connectivity index (χ1n) is 8.42. The highest BCUT2D eigenvalue weighted by molar-refractivity contribution is 5.78. The topological polar surface area (TPSA) is 138 Å². The minimum absolute atomic E-state index is 0.229. The molecule has 0 bridgehead atoms. The number of hydrogen-bond donors (Lipinski definition) is 6. The van der Waals surface area contributed by atoms with Crippen molar-refractivity contribution in [3.8, 4) is 0 Å². The van der Waals surface area contributed by atoms with Gasteiger partial charge in [-0.25, -0.2) is 4.79 Å². The lowest BCUT2D eigenvalue weighted by atomic mass is 9.85. The summed E-state index contributed by atoms with van der Waals surface area (Å²) >= 11 is 0. The molecule has 0 saturated carbocycles. The Balaban J connectivity index is 4.31. The van der Waals surface area contributed by atoms with E-state index in [0.29, 0.717) is 12.8 Å². The molecule has 7 heteroatoms. The zero-order valence-corrected chi connectivity index (χ0v) is 13.9. The van der Waals surface area contributed by atoms with Crippen molar-refractivity contribution in [2.75, 3.05) is 6.61 Å². The Morgan fingerprint density at radius 2 is 1.43 bits per heavy atom. The van der Waals surface area contributed by atoms with Crippen LogP contribution in [0.5, 0.6) is 0 Å². The van der Waals surface area contributed by atoms with E-state index in [-0.39, 0.29) is 6.42 Å². The summed E-state index contributed by atoms with van der Waals surface area (Å²) in [5.41, 5.74) is -2.54. The number of aliphatic carboxylic acids is 1. The maximum atomic E-state index is 11.3. The van der Waals surface area contributed by atoms with Crippen molar-refractivity contribution in [2.24, 2.45) is 0 Å². The normalized spacial score (nSPS) is 18.2. The SMILES string of the molecule is CCCCCCCCCCC(O)(C(=O)O)C(O)C(O)C(O)CO. The third-order valence-electron chi connectivity index (χ3n) is 4.18. The van der Waals surface area contributed by atoms with Crippen molar-refractivity contribution < 1.29 is 35.4 Å². The van der Waals surface area contributed by atoms with Crippen LogP contribution in [0.3, 0.4) is 0 Å². The molecule has 0 aliphatic carbocycles. The van der Waals surface area contributed by atoms with Gasteiger partial charge in [0.2, 0.25) is 0 Å². The molecule has 0 saturated heterocycles. The molecule has 0 aromatic rings. The lowest BCUT2D eigenvalue weighted by molar-refractivity contribution is -0.192. The Morgan fingerprint density at radius 3 is 1.87 bits per heavy atom. The van der Waals surface area contributed by atoms with E-state index in [9.17, 15) is 25.2 Å². The summed E-state index contributed by atoms with van der Waals surface area (Å²) in [5.74, 6) is -1.66. The van der Waals surface area contributed by atoms with E-state index in [4.69, 9.17) is 10.2 Å². The molecule has 6 N–H and O–H groups in total. The summed E-state index contributed by atoms with van der Waals surface area (Å²) in [5, 5.41) is 56.8. The number of carboxylic acid groups (broad SMARTS) is 1. The Kier molecular flexibility index (Phi) is 11.4. The van der Waals surface area contributed by atoms with Crippen LogP contribution in [-0.2, 0) is 4.79 Å². The molecule has 0 aliphatic rings. The molecule has 0 rings (SSSR count). The highest BCUT2D eigenvalue weighted by Crippen LogP contribution is 2.24. The molecule has 23 heavy (non-hydrogen) atoms. The summed E-state index contributed by atoms with van der Waals surface area (Å²) in [6, 6.07) is 0. The number of aliphatic hydroxyl groups is 5. The Bertz CT molecular complexity index is 324. The third kappa shape index (κ3) is 7.58. The fourth-order valence-corrected chi connectivity index (χ4v) is 2.51. The van der Waals surface area contributed by atoms with Crippen LogP contribution >= 0.6 is 0 Å². The molecular weight excluding hydrogens is 304 g/mol. The Morgan fingerprint density at radius 1 is 0.957 bits per heavy atom. The van der Waals surface area contributed by atoms with Gasteiger partial charge in [-0.15, -0.1) is 0 Å². The summed E-state index contributed by atoms with van der Waals surface area (Å²) in [6.07, 6.45) is 1.78. The van der Waals surface area contributed by atoms with Crippen LogP contribution in [-0.4, -0.2) is 67.1 Å². The molecule has 4 unspecified atom stereocenters. The van der Waals surface area contributed by atoms with Crippen LogP contribution in [0.15, 0.2) is 0 Å². The van der Waals surface area contributed by atoms with Crippen LogP contribution in [0.1, 0.15) is 64.7 Å². The molecule has 7 nitrogen and oxygen atoms in total. The quantitative estimate of drug-likeness (QED) is 0.253. The average Bonchev–Trinajstić information content (AvgIpc) is 2.54. The lowest BCUT2D eigenvalue weighted by Crippen LogP contribution is -2.58. The Hall–Kier alpha value is -0.730. The van der Waals surface area contributed by atoms with Gasteiger partial charge in [0.1, 0.15) is 18.3 Å². The van der Waals surface area contributed by atoms with Crippen molar-refractivity contribution in [3.63, 3.8) is 0 Å². The van der Waals surface area contributed by atoms with Gasteiger partial charge in [-0.2, -0.15) is 0 Å². The maximum Gasteiger partial charge on any atom is 0.338 e. The average molecular weight is 336 g/mol. The molecule has 0 fully saturated rings. The second-order valence-electron chi connectivity index (χ2n) is 6.14. The number of rotatable bonds is 14. The van der Waals surface area contributed by atoms with E-state index in [0.717, 1.165) is 19.3 Å². The lowest BCUT2D eigenvalue weighted by Gasteiger charge is -2.33. The van der Waals surface area contributed by atoms with Gasteiger partial charge in [0.15, 0.2) is 5.60 Å². The molecule has 0 aromatic carbocycles. The second-order valence-corrected chi connectivity index (χ2v) is 6.14. The van der Waals surface area contributed by atoms with Gasteiger partial charge >= 0.3 is 5.97 Å². The number of aliphatic hydroxyl groups excluding tert-OH is 4. The van der Waals surface area contributed by atoms with E-state index in [1.165, 1.54) is 19.3 Å². The van der Waals surface area contributed by atoms with Crippen molar-refractivity contribution >= 4 is 5.97 Å². The number of carboxylic acids is 1. The predicted molar refractivity (Wildman–Crippen MR) is 84.9 cm³/mol. The zero-order valence-electron chi connectivity index (χ0n) is 13.9. The Labute approximate surface area is 137 Å². The van der Waals surface area contributed by atoms with Crippen LogP contribution in [0.2, 0.25) is 0 Å². The van der Waals surface area contributed by atoms with Gasteiger partial charge in [-0.05, 0) is 12.8 Å². The molecule has 0 aromatic heterocycles. The minimum Gasteiger partial charge on any atom is -0.479 e. The number of hydrogen-bond acceptors (Lipinski definition) is 6. The van der Waals surface area contributed by atoms with Crippen molar-refractivity contribution in [1.29, 1.82) is 0 Å². The fraction of sp³-hybridized carbons (Fsp3) is 0.938. The molecule has 0 radical (unpaired) electrons. The van der Waals surface area contributed by atoms with E-state index >= 15 is 0 Å². The van der Waals surface area contributed by atoms with E-state index in [1.807, 2.05) is 0 Å². The first-order chi connectivity index (χ1) is 10.8. The highest BCUT2D eigenvalue weighted by atomic mass is 16.4. The molecule has 4 atom stereocenters. The van der Waals surface area contributed by atoms with Gasteiger partial charge in [0.25, 0.3) is 0 Å². The molecule has 0 aliphatic heterocycles. The van der Waals surface area contributed by atoms with Gasteiger partial charge in [-0.3, -0.25) is 0 Å². The van der Waals surface area contributed by atoms with Crippen LogP contribution in [0, 0.1) is 0 Å². The van der Waals surface area contributed by atoms with Gasteiger partial charge < -0.3 is 30.6 Å². The monoisotopic (exact) mass is 336 g/mol. The second kappa shape index (κ2) is 11.8. The van der Waals surface area contributed by atoms with E-state index in [2.05, 4.69) is 6.92 Å². The number of unbranched alkanes of at least 4 members (excludes halogenated alkanes) is 7. The molecule has 0 heterocycles. The van der Waals surface area contributed by atoms with E-state index < -0.39 is 36.5 Å². The van der Waals surface area contributed by atoms with Gasteiger partial charge in [-0.1, -0.05) is 51.9 Å². The zero-order chi connectivity index (χ0) is 17.9. The van der Waals surface area contributed by atoms with Crippen molar-refractivity contribution in [2.45, 2.75) is 88.6 Å². The van der Waals surface area contributed by atoms with Crippen molar-refractivity contribution in [3.05, 3.63) is 0 Å². The summed E-state index contributed by atoms with van der Waals surface area (Å²) in [6.45, 7) is 1.30. The minimum atomic E-state index is -2.54. The largest absolute Gasteiger partial charge is 0.479 e. The van der Waals surface area contributed by atoms with Crippen molar-refractivity contribution in [1.82, 2.24) is 0 Å². The molecular formula is C16H32O7. The van der Waals surface area contributed by atoms with Gasteiger partial charge in [0, 0.05) is 0 Å². The fourth-order valence-electron chi connectivity index (χ4n) is 2.51. The van der Waals surface area contributed by atoms with E-state index in [1.54, 1.807) is 0 Å².